The Kier molecular flexibility index (Phi) is 4.51. The van der Waals surface area contributed by atoms with Crippen molar-refractivity contribution in [2.75, 3.05) is 26.9 Å². The van der Waals surface area contributed by atoms with Gasteiger partial charge in [0.15, 0.2) is 11.5 Å². The molecule has 0 spiro atoms. The topological polar surface area (TPSA) is 51.2 Å². The van der Waals surface area contributed by atoms with Gasteiger partial charge in [0.25, 0.3) is 0 Å². The van der Waals surface area contributed by atoms with Crippen LogP contribution in [0.15, 0.2) is 42.5 Å². The molecule has 0 aliphatic carbocycles. The Morgan fingerprint density at radius 3 is 2.88 bits per heavy atom. The maximum Gasteiger partial charge on any atom is 0.165 e. The zero-order valence-electron chi connectivity index (χ0n) is 14.4. The molecule has 2 heterocycles. The predicted octanol–water partition coefficient (Wildman–Crippen LogP) is 2.77. The first-order valence-electron chi connectivity index (χ1n) is 8.68. The lowest BCUT2D eigenvalue weighted by atomic mass is 10.0. The van der Waals surface area contributed by atoms with Crippen LogP contribution in [0.5, 0.6) is 17.2 Å². The van der Waals surface area contributed by atoms with Gasteiger partial charge in [0, 0.05) is 24.7 Å². The third-order valence-electron chi connectivity index (χ3n) is 4.88. The first kappa shape index (κ1) is 16.2. The average molecular weight is 341 g/mol. The minimum absolute atomic E-state index is 0.158. The van der Waals surface area contributed by atoms with Crippen LogP contribution in [0.3, 0.4) is 0 Å². The molecule has 2 aliphatic rings. The van der Waals surface area contributed by atoms with E-state index in [0.717, 1.165) is 34.8 Å². The number of nitrogens with zero attached hydrogens (tertiary/aromatic N) is 1. The van der Waals surface area contributed by atoms with Crippen LogP contribution in [-0.2, 0) is 6.54 Å². The second-order valence-corrected chi connectivity index (χ2v) is 6.55. The summed E-state index contributed by atoms with van der Waals surface area (Å²) < 4.78 is 16.9. The molecule has 1 fully saturated rings. The van der Waals surface area contributed by atoms with Crippen LogP contribution in [-0.4, -0.2) is 43.0 Å². The van der Waals surface area contributed by atoms with Crippen molar-refractivity contribution < 1.29 is 19.3 Å². The lowest BCUT2D eigenvalue weighted by Crippen LogP contribution is -2.25. The Hall–Kier alpha value is -2.24. The maximum atomic E-state index is 10.2. The highest BCUT2D eigenvalue weighted by Gasteiger charge is 2.33. The molecule has 1 N–H and O–H groups in total. The van der Waals surface area contributed by atoms with Gasteiger partial charge in [-0.15, -0.1) is 0 Å². The SMILES string of the molecule is COc1cccc([C@@H]2C[C@H](O)CN2Cc2cccc3c2OCCO3)c1. The van der Waals surface area contributed by atoms with Crippen LogP contribution in [0, 0.1) is 0 Å². The maximum absolute atomic E-state index is 10.2. The summed E-state index contributed by atoms with van der Waals surface area (Å²) in [5.74, 6) is 2.48. The van der Waals surface area contributed by atoms with Crippen LogP contribution in [0.4, 0.5) is 0 Å². The van der Waals surface area contributed by atoms with E-state index in [4.69, 9.17) is 14.2 Å². The van der Waals surface area contributed by atoms with E-state index in [1.165, 1.54) is 0 Å². The predicted molar refractivity (Wildman–Crippen MR) is 94.2 cm³/mol. The summed E-state index contributed by atoms with van der Waals surface area (Å²) in [6, 6.07) is 14.3. The van der Waals surface area contributed by atoms with Crippen molar-refractivity contribution in [3.63, 3.8) is 0 Å². The summed E-state index contributed by atoms with van der Waals surface area (Å²) in [7, 11) is 1.67. The monoisotopic (exact) mass is 341 g/mol. The standard InChI is InChI=1S/C20H23NO4/c1-23-17-6-2-4-14(10-17)18-11-16(22)13-21(18)12-15-5-3-7-19-20(15)25-9-8-24-19/h2-7,10,16,18,22H,8-9,11-13H2,1H3/t16-,18-/m0/s1. The average Bonchev–Trinajstić information content (AvgIpc) is 3.02. The van der Waals surface area contributed by atoms with Gasteiger partial charge in [-0.1, -0.05) is 24.3 Å². The molecule has 5 heteroatoms. The summed E-state index contributed by atoms with van der Waals surface area (Å²) in [6.45, 7) is 2.52. The normalized spacial score (nSPS) is 22.8. The molecule has 2 aromatic rings. The van der Waals surface area contributed by atoms with Crippen LogP contribution in [0.1, 0.15) is 23.6 Å². The number of β-amino-alcohol motifs (C(OH)–C–C–N with tert-alkyl or cyclic N) is 1. The van der Waals surface area contributed by atoms with E-state index in [2.05, 4.69) is 23.1 Å². The number of aliphatic hydroxyl groups is 1. The van der Waals surface area contributed by atoms with E-state index < -0.39 is 0 Å². The Bertz CT molecular complexity index is 748. The molecule has 132 valence electrons. The van der Waals surface area contributed by atoms with Gasteiger partial charge in [0.1, 0.15) is 19.0 Å². The smallest absolute Gasteiger partial charge is 0.165 e. The highest BCUT2D eigenvalue weighted by molar-refractivity contribution is 5.47. The number of methoxy groups -OCH3 is 1. The zero-order valence-corrected chi connectivity index (χ0v) is 14.4. The molecule has 0 aromatic heterocycles. The van der Waals surface area contributed by atoms with Gasteiger partial charge in [-0.3, -0.25) is 4.90 Å². The van der Waals surface area contributed by atoms with Crippen LogP contribution >= 0.6 is 0 Å². The van der Waals surface area contributed by atoms with Crippen LogP contribution in [0.2, 0.25) is 0 Å². The van der Waals surface area contributed by atoms with Crippen molar-refractivity contribution in [1.82, 2.24) is 4.90 Å². The second-order valence-electron chi connectivity index (χ2n) is 6.55. The summed E-state index contributed by atoms with van der Waals surface area (Å²) in [5, 5.41) is 10.2. The van der Waals surface area contributed by atoms with Gasteiger partial charge < -0.3 is 19.3 Å². The lowest BCUT2D eigenvalue weighted by molar-refractivity contribution is 0.159. The third-order valence-corrected chi connectivity index (χ3v) is 4.88. The fourth-order valence-electron chi connectivity index (χ4n) is 3.73. The van der Waals surface area contributed by atoms with Crippen molar-refractivity contribution in [2.24, 2.45) is 0 Å². The number of para-hydroxylation sites is 1. The number of ether oxygens (including phenoxy) is 3. The van der Waals surface area contributed by atoms with Crippen LogP contribution < -0.4 is 14.2 Å². The van der Waals surface area contributed by atoms with Crippen molar-refractivity contribution >= 4 is 0 Å². The van der Waals surface area contributed by atoms with Gasteiger partial charge in [0.2, 0.25) is 0 Å². The summed E-state index contributed by atoms with van der Waals surface area (Å²) in [4.78, 5) is 2.30. The lowest BCUT2D eigenvalue weighted by Gasteiger charge is -2.27. The first-order chi connectivity index (χ1) is 12.2. The highest BCUT2D eigenvalue weighted by Crippen LogP contribution is 2.39. The van der Waals surface area contributed by atoms with Gasteiger partial charge in [0.05, 0.1) is 13.2 Å². The fourth-order valence-corrected chi connectivity index (χ4v) is 3.73. The molecule has 2 aliphatic heterocycles. The van der Waals surface area contributed by atoms with Gasteiger partial charge >= 0.3 is 0 Å². The molecule has 2 atom stereocenters. The van der Waals surface area contributed by atoms with E-state index in [1.54, 1.807) is 7.11 Å². The molecule has 2 aromatic carbocycles. The third kappa shape index (κ3) is 3.30. The van der Waals surface area contributed by atoms with Crippen molar-refractivity contribution in [2.45, 2.75) is 25.1 Å². The number of hydrogen-bond acceptors (Lipinski definition) is 5. The van der Waals surface area contributed by atoms with E-state index in [0.29, 0.717) is 26.3 Å². The second kappa shape index (κ2) is 6.94. The Morgan fingerprint density at radius 1 is 1.16 bits per heavy atom. The Morgan fingerprint density at radius 2 is 2.00 bits per heavy atom. The molecule has 0 amide bonds. The summed E-state index contributed by atoms with van der Waals surface area (Å²) in [6.07, 6.45) is 0.396. The molecule has 0 unspecified atom stereocenters. The Balaban J connectivity index is 1.60. The number of fused-ring (bicyclic) bond motifs is 1. The van der Waals surface area contributed by atoms with E-state index in [9.17, 15) is 5.11 Å². The molecule has 5 nitrogen and oxygen atoms in total. The fraction of sp³-hybridized carbons (Fsp3) is 0.400. The van der Waals surface area contributed by atoms with E-state index >= 15 is 0 Å². The van der Waals surface area contributed by atoms with E-state index in [-0.39, 0.29) is 12.1 Å². The van der Waals surface area contributed by atoms with Crippen LogP contribution in [0.25, 0.3) is 0 Å². The molecule has 0 radical (unpaired) electrons. The molecule has 0 saturated carbocycles. The number of benzene rings is 2. The molecular formula is C20H23NO4. The quantitative estimate of drug-likeness (QED) is 0.927. The molecule has 4 rings (SSSR count). The van der Waals surface area contributed by atoms with Gasteiger partial charge in [-0.25, -0.2) is 0 Å². The number of aliphatic hydroxyl groups excluding tert-OH is 1. The summed E-state index contributed by atoms with van der Waals surface area (Å²) in [5.41, 5.74) is 2.26. The van der Waals surface area contributed by atoms with Crippen molar-refractivity contribution in [3.05, 3.63) is 53.6 Å². The number of rotatable bonds is 4. The molecule has 25 heavy (non-hydrogen) atoms. The number of hydrogen-bond donors (Lipinski definition) is 1. The molecule has 0 bridgehead atoms. The van der Waals surface area contributed by atoms with E-state index in [1.807, 2.05) is 24.3 Å². The van der Waals surface area contributed by atoms with Crippen molar-refractivity contribution in [1.29, 1.82) is 0 Å². The van der Waals surface area contributed by atoms with Crippen molar-refractivity contribution in [3.8, 4) is 17.2 Å². The zero-order chi connectivity index (χ0) is 17.2. The first-order valence-corrected chi connectivity index (χ1v) is 8.68. The largest absolute Gasteiger partial charge is 0.497 e. The minimum atomic E-state index is -0.326. The Labute approximate surface area is 147 Å². The van der Waals surface area contributed by atoms with Gasteiger partial charge in [-0.2, -0.15) is 0 Å². The van der Waals surface area contributed by atoms with Gasteiger partial charge in [-0.05, 0) is 30.2 Å². The summed E-state index contributed by atoms with van der Waals surface area (Å²) >= 11 is 0. The highest BCUT2D eigenvalue weighted by atomic mass is 16.6. The molecular weight excluding hydrogens is 318 g/mol. The number of likely N-dealkylation sites (tertiary alicyclic amines) is 1. The minimum Gasteiger partial charge on any atom is -0.497 e. The molecule has 1 saturated heterocycles.